The molecule has 9 heteroatoms. The van der Waals surface area contributed by atoms with E-state index < -0.39 is 17.8 Å². The third kappa shape index (κ3) is 3.28. The highest BCUT2D eigenvalue weighted by Gasteiger charge is 2.22. The van der Waals surface area contributed by atoms with Crippen molar-refractivity contribution in [3.8, 4) is 0 Å². The Kier molecular flexibility index (Phi) is 4.87. The van der Waals surface area contributed by atoms with Gasteiger partial charge in [0.05, 0.1) is 13.0 Å². The van der Waals surface area contributed by atoms with Gasteiger partial charge >= 0.3 is 12.0 Å². The lowest BCUT2D eigenvalue weighted by Crippen LogP contribution is -2.38. The normalized spacial score (nSPS) is 10.7. The van der Waals surface area contributed by atoms with Crippen LogP contribution in [-0.2, 0) is 16.6 Å². The number of fused-ring (bicyclic) bond motifs is 1. The Labute approximate surface area is 133 Å². The zero-order chi connectivity index (χ0) is 17.1. The number of aromatic nitrogens is 2. The van der Waals surface area contributed by atoms with E-state index in [1.54, 1.807) is 13.0 Å². The first-order valence-electron chi connectivity index (χ1n) is 7.00. The lowest BCUT2D eigenvalue weighted by molar-refractivity contribution is -0.142. The fourth-order valence-corrected chi connectivity index (χ4v) is 2.28. The van der Waals surface area contributed by atoms with Gasteiger partial charge in [-0.3, -0.25) is 14.4 Å². The highest BCUT2D eigenvalue weighted by Crippen LogP contribution is 2.26. The molecule has 1 heterocycles. The van der Waals surface area contributed by atoms with E-state index in [0.29, 0.717) is 5.39 Å². The number of esters is 1. The van der Waals surface area contributed by atoms with Gasteiger partial charge in [-0.25, -0.2) is 9.18 Å². The molecule has 1 aromatic heterocycles. The van der Waals surface area contributed by atoms with Crippen molar-refractivity contribution in [1.29, 1.82) is 0 Å². The molecule has 0 atom stereocenters. The van der Waals surface area contributed by atoms with Crippen LogP contribution in [0.3, 0.4) is 0 Å². The van der Waals surface area contributed by atoms with E-state index >= 15 is 0 Å². The summed E-state index contributed by atoms with van der Waals surface area (Å²) in [6, 6.07) is 2.13. The fraction of sp³-hybridized carbons (Fsp3) is 0.357. The molecule has 0 bridgehead atoms. The van der Waals surface area contributed by atoms with Crippen LogP contribution in [0, 0.1) is 5.82 Å². The Morgan fingerprint density at radius 3 is 2.78 bits per heavy atom. The zero-order valence-corrected chi connectivity index (χ0v) is 12.9. The molecule has 7 nitrogen and oxygen atoms in total. The number of hydrogen-bond donors (Lipinski definition) is 1. The van der Waals surface area contributed by atoms with Crippen LogP contribution in [0.2, 0.25) is 0 Å². The summed E-state index contributed by atoms with van der Waals surface area (Å²) in [5.41, 5.74) is 5.50. The number of carbonyl (C=O) groups excluding carboxylic acids is 2. The molecule has 120 valence electrons. The molecule has 2 amide bonds. The van der Waals surface area contributed by atoms with E-state index in [0.717, 1.165) is 4.90 Å². The predicted molar refractivity (Wildman–Crippen MR) is 84.2 cm³/mol. The first-order chi connectivity index (χ1) is 10.9. The molecule has 1 aromatic carbocycles. The van der Waals surface area contributed by atoms with Crippen LogP contribution in [0.4, 0.5) is 15.0 Å². The highest BCUT2D eigenvalue weighted by atomic mass is 19.1. The number of halogens is 1. The maximum Gasteiger partial charge on any atom is 0.320 e. The number of nitrogens with two attached hydrogens (primary N) is 1. The monoisotopic (exact) mass is 318 g/mol. The van der Waals surface area contributed by atoms with E-state index in [-0.39, 0.29) is 36.4 Å². The first kappa shape index (κ1) is 16.8. The zero-order valence-electron chi connectivity index (χ0n) is 12.9. The number of amides is 2. The number of carbonyl (C=O) groups is 2. The van der Waals surface area contributed by atoms with Gasteiger partial charge in [-0.1, -0.05) is 11.5 Å². The van der Waals surface area contributed by atoms with Crippen molar-refractivity contribution >= 4 is 42.0 Å². The minimum Gasteiger partial charge on any atom is -0.466 e. The summed E-state index contributed by atoms with van der Waals surface area (Å²) in [5.74, 6) is -0.925. The van der Waals surface area contributed by atoms with Crippen molar-refractivity contribution in [2.45, 2.75) is 13.3 Å². The number of urea groups is 1. The van der Waals surface area contributed by atoms with Crippen molar-refractivity contribution in [2.75, 3.05) is 18.1 Å². The summed E-state index contributed by atoms with van der Waals surface area (Å²) in [6.07, 6.45) is -0.0493. The van der Waals surface area contributed by atoms with E-state index in [1.165, 1.54) is 17.8 Å². The second kappa shape index (κ2) is 6.68. The van der Waals surface area contributed by atoms with Crippen LogP contribution in [0.5, 0.6) is 0 Å². The quantitative estimate of drug-likeness (QED) is 0.636. The molecular formula is C14H16BFN4O3. The fourth-order valence-electron chi connectivity index (χ4n) is 2.28. The van der Waals surface area contributed by atoms with Crippen molar-refractivity contribution in [1.82, 2.24) is 9.78 Å². The van der Waals surface area contributed by atoms with Crippen molar-refractivity contribution in [3.63, 3.8) is 0 Å². The minimum absolute atomic E-state index is 0.0216. The van der Waals surface area contributed by atoms with Crippen LogP contribution in [0.1, 0.15) is 13.3 Å². The molecule has 0 saturated heterocycles. The molecule has 0 unspecified atom stereocenters. The van der Waals surface area contributed by atoms with Gasteiger partial charge in [-0.15, -0.1) is 0 Å². The Bertz CT molecular complexity index is 762. The number of hydrogen-bond acceptors (Lipinski definition) is 4. The maximum atomic E-state index is 14.2. The number of benzene rings is 1. The van der Waals surface area contributed by atoms with Crippen LogP contribution in [0.15, 0.2) is 12.1 Å². The summed E-state index contributed by atoms with van der Waals surface area (Å²) in [6.45, 7) is 1.90. The third-order valence-corrected chi connectivity index (χ3v) is 3.32. The van der Waals surface area contributed by atoms with Crippen LogP contribution in [-0.4, -0.2) is 42.8 Å². The average Bonchev–Trinajstić information content (AvgIpc) is 2.80. The van der Waals surface area contributed by atoms with Gasteiger partial charge in [-0.05, 0) is 13.0 Å². The molecule has 2 N–H and O–H groups in total. The molecule has 0 aliphatic carbocycles. The Hall–Kier alpha value is -2.58. The summed E-state index contributed by atoms with van der Waals surface area (Å²) < 4.78 is 20.2. The molecule has 0 fully saturated rings. The lowest BCUT2D eigenvalue weighted by Gasteiger charge is -2.17. The molecule has 2 rings (SSSR count). The Morgan fingerprint density at radius 1 is 1.48 bits per heavy atom. The number of aryl methyl sites for hydroxylation is 1. The number of ether oxygens (including phenoxy) is 1. The lowest BCUT2D eigenvalue weighted by atomic mass is 9.94. The molecule has 23 heavy (non-hydrogen) atoms. The van der Waals surface area contributed by atoms with E-state index in [4.69, 9.17) is 18.3 Å². The number of rotatable bonds is 5. The van der Waals surface area contributed by atoms with Crippen LogP contribution < -0.4 is 16.1 Å². The highest BCUT2D eigenvalue weighted by molar-refractivity contribution is 6.33. The van der Waals surface area contributed by atoms with E-state index in [9.17, 15) is 14.0 Å². The van der Waals surface area contributed by atoms with Gasteiger partial charge in [0.1, 0.15) is 19.2 Å². The first-order valence-corrected chi connectivity index (χ1v) is 7.00. The summed E-state index contributed by atoms with van der Waals surface area (Å²) in [5, 5.41) is 4.51. The van der Waals surface area contributed by atoms with E-state index in [2.05, 4.69) is 5.10 Å². The van der Waals surface area contributed by atoms with Gasteiger partial charge in [0, 0.05) is 19.0 Å². The molecule has 0 aliphatic heterocycles. The number of nitrogens with zero attached hydrogens (tertiary/aromatic N) is 3. The van der Waals surface area contributed by atoms with Crippen molar-refractivity contribution < 1.29 is 18.7 Å². The minimum atomic E-state index is -0.800. The van der Waals surface area contributed by atoms with Gasteiger partial charge in [0.15, 0.2) is 5.82 Å². The predicted octanol–water partition coefficient (Wildman–Crippen LogP) is 0.345. The molecular weight excluding hydrogens is 302 g/mol. The standard InChI is InChI=1S/C14H16BFN4O3/c1-3-23-10(21)6-7-20(14(17)22)13-8-4-5-9(15)11(16)12(8)19(2)18-13/h4-5H,3,6-7H2,1-2H3,(H2,17,22). The van der Waals surface area contributed by atoms with Crippen LogP contribution in [0.25, 0.3) is 10.9 Å². The van der Waals surface area contributed by atoms with Gasteiger partial charge in [0.2, 0.25) is 0 Å². The average molecular weight is 318 g/mol. The summed E-state index contributed by atoms with van der Waals surface area (Å²) in [4.78, 5) is 24.3. The van der Waals surface area contributed by atoms with Gasteiger partial charge in [0.25, 0.3) is 0 Å². The largest absolute Gasteiger partial charge is 0.466 e. The topological polar surface area (TPSA) is 90.4 Å². The second-order valence-electron chi connectivity index (χ2n) is 4.86. The molecule has 2 aromatic rings. The molecule has 0 spiro atoms. The Morgan fingerprint density at radius 2 is 2.17 bits per heavy atom. The summed E-state index contributed by atoms with van der Waals surface area (Å²) >= 11 is 0. The second-order valence-corrected chi connectivity index (χ2v) is 4.86. The van der Waals surface area contributed by atoms with Crippen molar-refractivity contribution in [2.24, 2.45) is 12.8 Å². The van der Waals surface area contributed by atoms with Crippen molar-refractivity contribution in [3.05, 3.63) is 17.9 Å². The molecule has 2 radical (unpaired) electrons. The SMILES string of the molecule is [B]c1ccc2c(N(CCC(=O)OCC)C(N)=O)nn(C)c2c1F. The third-order valence-electron chi connectivity index (χ3n) is 3.32. The van der Waals surface area contributed by atoms with Gasteiger partial charge < -0.3 is 10.5 Å². The molecule has 0 saturated carbocycles. The molecule has 0 aliphatic rings. The summed E-state index contributed by atoms with van der Waals surface area (Å²) in [7, 11) is 7.08. The maximum absolute atomic E-state index is 14.2. The number of anilines is 1. The van der Waals surface area contributed by atoms with Gasteiger partial charge in [-0.2, -0.15) is 5.10 Å². The van der Waals surface area contributed by atoms with Crippen LogP contribution >= 0.6 is 0 Å². The number of primary amides is 1. The smallest absolute Gasteiger partial charge is 0.320 e. The Balaban J connectivity index is 2.41. The van der Waals surface area contributed by atoms with E-state index in [1.807, 2.05) is 0 Å².